The number of hydrogen-bond acceptors (Lipinski definition) is 2. The van der Waals surface area contributed by atoms with Crippen LogP contribution in [0.2, 0.25) is 0 Å². The number of halogens is 1. The van der Waals surface area contributed by atoms with E-state index in [2.05, 4.69) is 0 Å². The third-order valence-electron chi connectivity index (χ3n) is 3.15. The standard InChI is InChI=1S/C16H12FNO2/c1-18-14-8-7-12(17)10-13(14)15(20-16(18)19)9-11-5-3-2-4-6-11/h2-10H,1H3/b15-9+. The Morgan fingerprint density at radius 1 is 1.15 bits per heavy atom. The zero-order chi connectivity index (χ0) is 14.1. The Morgan fingerprint density at radius 2 is 1.90 bits per heavy atom. The lowest BCUT2D eigenvalue weighted by molar-refractivity contribution is 0.199. The first-order valence-electron chi connectivity index (χ1n) is 6.17. The summed E-state index contributed by atoms with van der Waals surface area (Å²) in [6.07, 6.45) is 1.25. The van der Waals surface area contributed by atoms with E-state index in [0.717, 1.165) is 5.56 Å². The molecule has 3 nitrogen and oxygen atoms in total. The molecular weight excluding hydrogens is 257 g/mol. The van der Waals surface area contributed by atoms with Gasteiger partial charge in [-0.3, -0.25) is 4.90 Å². The Balaban J connectivity index is 2.14. The van der Waals surface area contributed by atoms with Gasteiger partial charge in [-0.2, -0.15) is 0 Å². The number of benzene rings is 2. The van der Waals surface area contributed by atoms with Crippen molar-refractivity contribution in [2.75, 3.05) is 11.9 Å². The first kappa shape index (κ1) is 12.4. The van der Waals surface area contributed by atoms with E-state index in [9.17, 15) is 9.18 Å². The minimum atomic E-state index is -0.480. The summed E-state index contributed by atoms with van der Waals surface area (Å²) in [6, 6.07) is 13.7. The Labute approximate surface area is 115 Å². The summed E-state index contributed by atoms with van der Waals surface area (Å²) in [5.41, 5.74) is 2.08. The summed E-state index contributed by atoms with van der Waals surface area (Å²) in [7, 11) is 1.60. The van der Waals surface area contributed by atoms with Gasteiger partial charge in [0.1, 0.15) is 11.6 Å². The lowest BCUT2D eigenvalue weighted by Gasteiger charge is -2.27. The number of ether oxygens (including phenoxy) is 1. The number of hydrogen-bond donors (Lipinski definition) is 0. The van der Waals surface area contributed by atoms with Crippen LogP contribution >= 0.6 is 0 Å². The van der Waals surface area contributed by atoms with Gasteiger partial charge in [0.15, 0.2) is 0 Å². The summed E-state index contributed by atoms with van der Waals surface area (Å²) in [5, 5.41) is 0. The quantitative estimate of drug-likeness (QED) is 0.785. The van der Waals surface area contributed by atoms with Gasteiger partial charge in [0, 0.05) is 12.6 Å². The smallest absolute Gasteiger partial charge is 0.409 e. The predicted octanol–water partition coefficient (Wildman–Crippen LogP) is 3.91. The summed E-state index contributed by atoms with van der Waals surface area (Å²) < 4.78 is 18.7. The van der Waals surface area contributed by atoms with Crippen molar-refractivity contribution in [1.82, 2.24) is 0 Å². The Morgan fingerprint density at radius 3 is 2.65 bits per heavy atom. The highest BCUT2D eigenvalue weighted by Gasteiger charge is 2.26. The molecule has 0 unspecified atom stereocenters. The average Bonchev–Trinajstić information content (AvgIpc) is 2.45. The third-order valence-corrected chi connectivity index (χ3v) is 3.15. The zero-order valence-corrected chi connectivity index (χ0v) is 10.8. The number of anilines is 1. The van der Waals surface area contributed by atoms with E-state index in [4.69, 9.17) is 4.74 Å². The fourth-order valence-corrected chi connectivity index (χ4v) is 2.12. The monoisotopic (exact) mass is 269 g/mol. The number of fused-ring (bicyclic) bond motifs is 1. The second-order valence-corrected chi connectivity index (χ2v) is 4.51. The van der Waals surface area contributed by atoms with Gasteiger partial charge in [0.25, 0.3) is 0 Å². The van der Waals surface area contributed by atoms with Crippen molar-refractivity contribution >= 4 is 23.6 Å². The van der Waals surface area contributed by atoms with Crippen LogP contribution < -0.4 is 4.90 Å². The van der Waals surface area contributed by atoms with Gasteiger partial charge in [0.2, 0.25) is 0 Å². The number of amides is 1. The number of rotatable bonds is 1. The second-order valence-electron chi connectivity index (χ2n) is 4.51. The highest BCUT2D eigenvalue weighted by Crippen LogP contribution is 2.34. The van der Waals surface area contributed by atoms with Crippen LogP contribution in [0.3, 0.4) is 0 Å². The molecule has 0 spiro atoms. The van der Waals surface area contributed by atoms with Gasteiger partial charge in [-0.25, -0.2) is 9.18 Å². The molecule has 0 atom stereocenters. The number of nitrogens with zero attached hydrogens (tertiary/aromatic N) is 1. The number of cyclic esters (lactones) is 1. The van der Waals surface area contributed by atoms with Crippen LogP contribution in [0.15, 0.2) is 48.5 Å². The molecule has 3 rings (SSSR count). The van der Waals surface area contributed by atoms with Gasteiger partial charge in [0.05, 0.1) is 5.69 Å². The van der Waals surface area contributed by atoms with Crippen LogP contribution in [-0.4, -0.2) is 13.1 Å². The molecule has 2 aromatic carbocycles. The van der Waals surface area contributed by atoms with Crippen molar-refractivity contribution < 1.29 is 13.9 Å². The SMILES string of the molecule is CN1C(=O)O/C(=C/c2ccccc2)c2cc(F)ccc21. The maximum absolute atomic E-state index is 13.4. The molecule has 0 aliphatic carbocycles. The van der Waals surface area contributed by atoms with Crippen LogP contribution in [0.5, 0.6) is 0 Å². The predicted molar refractivity (Wildman–Crippen MR) is 75.6 cm³/mol. The van der Waals surface area contributed by atoms with Crippen molar-refractivity contribution in [2.24, 2.45) is 0 Å². The molecule has 0 saturated heterocycles. The summed E-state index contributed by atoms with van der Waals surface area (Å²) in [6.45, 7) is 0. The minimum absolute atomic E-state index is 0.355. The molecule has 4 heteroatoms. The number of carbonyl (C=O) groups is 1. The van der Waals surface area contributed by atoms with E-state index >= 15 is 0 Å². The molecule has 0 saturated carbocycles. The van der Waals surface area contributed by atoms with Crippen LogP contribution in [0.1, 0.15) is 11.1 Å². The Kier molecular flexibility index (Phi) is 2.99. The minimum Gasteiger partial charge on any atom is -0.409 e. The van der Waals surface area contributed by atoms with Crippen LogP contribution in [0.25, 0.3) is 11.8 Å². The largest absolute Gasteiger partial charge is 0.419 e. The normalized spacial score (nSPS) is 16.0. The van der Waals surface area contributed by atoms with Crippen LogP contribution in [-0.2, 0) is 4.74 Å². The molecule has 0 aromatic heterocycles. The van der Waals surface area contributed by atoms with E-state index in [1.165, 1.54) is 17.0 Å². The lowest BCUT2D eigenvalue weighted by Crippen LogP contribution is -2.31. The fourth-order valence-electron chi connectivity index (χ4n) is 2.12. The molecular formula is C16H12FNO2. The maximum Gasteiger partial charge on any atom is 0.419 e. The Hall–Kier alpha value is -2.62. The van der Waals surface area contributed by atoms with E-state index in [-0.39, 0.29) is 5.82 Å². The highest BCUT2D eigenvalue weighted by molar-refractivity contribution is 6.01. The van der Waals surface area contributed by atoms with E-state index < -0.39 is 6.09 Å². The maximum atomic E-state index is 13.4. The van der Waals surface area contributed by atoms with Crippen molar-refractivity contribution in [3.05, 3.63) is 65.5 Å². The molecule has 2 aromatic rings. The Bertz CT molecular complexity index is 695. The summed E-state index contributed by atoms with van der Waals surface area (Å²) in [5.74, 6) is -0.0112. The average molecular weight is 269 g/mol. The molecule has 1 aliphatic heterocycles. The third kappa shape index (κ3) is 2.16. The van der Waals surface area contributed by atoms with Crippen molar-refractivity contribution in [1.29, 1.82) is 0 Å². The summed E-state index contributed by atoms with van der Waals surface area (Å²) in [4.78, 5) is 13.2. The van der Waals surface area contributed by atoms with Crippen molar-refractivity contribution in [3.8, 4) is 0 Å². The molecule has 0 bridgehead atoms. The van der Waals surface area contributed by atoms with Gasteiger partial charge >= 0.3 is 6.09 Å². The molecule has 100 valence electrons. The first-order chi connectivity index (χ1) is 9.65. The fraction of sp³-hybridized carbons (Fsp3) is 0.0625. The van der Waals surface area contributed by atoms with E-state index in [1.54, 1.807) is 19.2 Å². The van der Waals surface area contributed by atoms with Crippen LogP contribution in [0.4, 0.5) is 14.9 Å². The summed E-state index contributed by atoms with van der Waals surface area (Å²) >= 11 is 0. The van der Waals surface area contributed by atoms with E-state index in [1.807, 2.05) is 30.3 Å². The van der Waals surface area contributed by atoms with Gasteiger partial charge < -0.3 is 4.74 Å². The van der Waals surface area contributed by atoms with Crippen LogP contribution in [0, 0.1) is 5.82 Å². The molecule has 1 heterocycles. The van der Waals surface area contributed by atoms with Gasteiger partial charge in [-0.15, -0.1) is 0 Å². The zero-order valence-electron chi connectivity index (χ0n) is 10.8. The molecule has 0 fully saturated rings. The molecule has 1 amide bonds. The molecule has 20 heavy (non-hydrogen) atoms. The highest BCUT2D eigenvalue weighted by atomic mass is 19.1. The lowest BCUT2D eigenvalue weighted by atomic mass is 10.1. The topological polar surface area (TPSA) is 29.5 Å². The molecule has 0 radical (unpaired) electrons. The van der Waals surface area contributed by atoms with Crippen molar-refractivity contribution in [3.63, 3.8) is 0 Å². The van der Waals surface area contributed by atoms with Crippen molar-refractivity contribution in [2.45, 2.75) is 0 Å². The van der Waals surface area contributed by atoms with Gasteiger partial charge in [-0.1, -0.05) is 30.3 Å². The second kappa shape index (κ2) is 4.81. The van der Waals surface area contributed by atoms with Gasteiger partial charge in [-0.05, 0) is 29.8 Å². The number of carbonyl (C=O) groups excluding carboxylic acids is 1. The molecule has 1 aliphatic rings. The van der Waals surface area contributed by atoms with E-state index in [0.29, 0.717) is 17.0 Å². The molecule has 0 N–H and O–H groups in total. The first-order valence-corrected chi connectivity index (χ1v) is 6.17.